The Bertz CT molecular complexity index is 1710. The smallest absolute Gasteiger partial charge is 0.342 e. The summed E-state index contributed by atoms with van der Waals surface area (Å²) in [6.07, 6.45) is -1.37. The Hall–Kier alpha value is -4.51. The molecular formula is C28H20O11. The third-order valence-corrected chi connectivity index (χ3v) is 8.63. The molecule has 7 rings (SSSR count). The van der Waals surface area contributed by atoms with Gasteiger partial charge in [-0.25, -0.2) is 9.59 Å². The minimum Gasteiger partial charge on any atom is -0.507 e. The fourth-order valence-corrected chi connectivity index (χ4v) is 7.33. The number of cyclic esters (lactones) is 2. The van der Waals surface area contributed by atoms with Crippen LogP contribution in [0.25, 0.3) is 5.57 Å². The Morgan fingerprint density at radius 2 is 1.46 bits per heavy atom. The number of hydrogen-bond acceptors (Lipinski definition) is 11. The van der Waals surface area contributed by atoms with Crippen LogP contribution in [0.3, 0.4) is 0 Å². The van der Waals surface area contributed by atoms with Crippen molar-refractivity contribution in [2.75, 3.05) is 13.2 Å². The number of esters is 3. The number of aromatic hydroxyl groups is 2. The molecule has 0 saturated carbocycles. The third-order valence-electron chi connectivity index (χ3n) is 8.63. The molecule has 4 atom stereocenters. The molecule has 2 bridgehead atoms. The lowest BCUT2D eigenvalue weighted by Crippen LogP contribution is -2.58. The molecule has 0 saturated heterocycles. The fraction of sp³-hybridized carbons (Fsp3) is 0.321. The topological polar surface area (TPSA) is 174 Å². The van der Waals surface area contributed by atoms with Crippen LogP contribution in [0.15, 0.2) is 17.7 Å². The minimum atomic E-state index is -2.45. The quantitative estimate of drug-likeness (QED) is 0.356. The normalized spacial score (nSPS) is 29.3. The SMILES string of the molecule is CC(=O)O[C@H]1[C@@H]2C(=O)c3c(C)cc(O)c4c3[C@@]1(COC4=O)C1=C2c2c(C)cc(O)c3c2[C@@](O)(COC3=O)C1=O. The van der Waals surface area contributed by atoms with Gasteiger partial charge in [-0.2, -0.15) is 0 Å². The fourth-order valence-electron chi connectivity index (χ4n) is 7.33. The molecule has 0 unspecified atom stereocenters. The second-order valence-corrected chi connectivity index (χ2v) is 10.6. The molecule has 1 spiro atoms. The van der Waals surface area contributed by atoms with Gasteiger partial charge in [-0.3, -0.25) is 14.4 Å². The Kier molecular flexibility index (Phi) is 4.18. The molecule has 2 aromatic rings. The van der Waals surface area contributed by atoms with E-state index in [4.69, 9.17) is 14.2 Å². The summed E-state index contributed by atoms with van der Waals surface area (Å²) in [7, 11) is 0. The molecule has 2 aromatic carbocycles. The number of ketones is 2. The number of hydrogen-bond donors (Lipinski definition) is 3. The van der Waals surface area contributed by atoms with Gasteiger partial charge in [-0.05, 0) is 53.8 Å². The number of carbonyl (C=O) groups is 5. The molecule has 198 valence electrons. The minimum absolute atomic E-state index is 0.00129. The van der Waals surface area contributed by atoms with Gasteiger partial charge in [0.15, 0.2) is 17.2 Å². The van der Waals surface area contributed by atoms with Gasteiger partial charge in [0.25, 0.3) is 0 Å². The molecule has 0 radical (unpaired) electrons. The number of ether oxygens (including phenoxy) is 3. The first kappa shape index (κ1) is 23.6. The van der Waals surface area contributed by atoms with Crippen LogP contribution >= 0.6 is 0 Å². The van der Waals surface area contributed by atoms with Gasteiger partial charge in [0.2, 0.25) is 0 Å². The molecule has 39 heavy (non-hydrogen) atoms. The molecular weight excluding hydrogens is 512 g/mol. The van der Waals surface area contributed by atoms with Gasteiger partial charge in [-0.15, -0.1) is 0 Å². The summed E-state index contributed by atoms with van der Waals surface area (Å²) in [5.74, 6) is -6.43. The van der Waals surface area contributed by atoms with Crippen molar-refractivity contribution in [2.45, 2.75) is 37.9 Å². The highest BCUT2D eigenvalue weighted by Gasteiger charge is 2.72. The van der Waals surface area contributed by atoms with E-state index in [0.29, 0.717) is 11.1 Å². The van der Waals surface area contributed by atoms with E-state index in [0.717, 1.165) is 6.92 Å². The second-order valence-electron chi connectivity index (χ2n) is 10.6. The average molecular weight is 532 g/mol. The van der Waals surface area contributed by atoms with Crippen molar-refractivity contribution in [1.29, 1.82) is 0 Å². The van der Waals surface area contributed by atoms with Crippen LogP contribution in [0.4, 0.5) is 0 Å². The zero-order valence-corrected chi connectivity index (χ0v) is 20.8. The Balaban J connectivity index is 1.70. The zero-order chi connectivity index (χ0) is 27.9. The first-order valence-electron chi connectivity index (χ1n) is 12.2. The van der Waals surface area contributed by atoms with Gasteiger partial charge in [0, 0.05) is 23.6 Å². The average Bonchev–Trinajstić information content (AvgIpc) is 3.06. The number of fused-ring (bicyclic) bond motifs is 3. The van der Waals surface area contributed by atoms with Gasteiger partial charge < -0.3 is 29.5 Å². The van der Waals surface area contributed by atoms with Gasteiger partial charge in [0.05, 0.1) is 11.3 Å². The summed E-state index contributed by atoms with van der Waals surface area (Å²) in [6, 6.07) is 2.52. The lowest BCUT2D eigenvalue weighted by atomic mass is 9.60. The van der Waals surface area contributed by atoms with Crippen LogP contribution in [0, 0.1) is 19.8 Å². The monoisotopic (exact) mass is 532 g/mol. The predicted octanol–water partition coefficient (Wildman–Crippen LogP) is 1.28. The number of aryl methyl sites for hydroxylation is 2. The van der Waals surface area contributed by atoms with E-state index in [1.54, 1.807) is 13.8 Å². The number of carbonyl (C=O) groups excluding carboxylic acids is 5. The standard InChI is InChI=1S/C28H20O11/c1-8-4-12(31)16-20-13(8)17-18-22(32)14-9(2)5-11(30)15-19(14)27(6-37-25(15)34,24(18)39-10(3)29)21(17)23(33)28(20,36)7-38-26(16)35/h4-5,18,24,30-31,36H,6-7H2,1-3H3/t18-,24-,27-,28-/m0/s1. The molecule has 0 amide bonds. The van der Waals surface area contributed by atoms with E-state index in [-0.39, 0.29) is 39.0 Å². The number of aliphatic hydroxyl groups is 1. The number of phenolic OH excluding ortho intramolecular Hbond substituents is 2. The van der Waals surface area contributed by atoms with Crippen molar-refractivity contribution >= 4 is 35.0 Å². The molecule has 2 heterocycles. The summed E-state index contributed by atoms with van der Waals surface area (Å²) >= 11 is 0. The number of benzene rings is 2. The van der Waals surface area contributed by atoms with Crippen LogP contribution in [-0.2, 0) is 34.8 Å². The lowest BCUT2D eigenvalue weighted by molar-refractivity contribution is -0.153. The van der Waals surface area contributed by atoms with E-state index in [9.17, 15) is 39.3 Å². The zero-order valence-electron chi connectivity index (χ0n) is 20.8. The highest BCUT2D eigenvalue weighted by molar-refractivity contribution is 6.25. The maximum absolute atomic E-state index is 14.4. The molecule has 2 aliphatic heterocycles. The highest BCUT2D eigenvalue weighted by atomic mass is 16.6. The van der Waals surface area contributed by atoms with Crippen molar-refractivity contribution in [2.24, 2.45) is 5.92 Å². The van der Waals surface area contributed by atoms with Crippen molar-refractivity contribution in [3.8, 4) is 11.5 Å². The molecule has 11 nitrogen and oxygen atoms in total. The molecule has 3 N–H and O–H groups in total. The van der Waals surface area contributed by atoms with Gasteiger partial charge in [-0.1, -0.05) is 0 Å². The van der Waals surface area contributed by atoms with Gasteiger partial charge >= 0.3 is 17.9 Å². The molecule has 0 fully saturated rings. The van der Waals surface area contributed by atoms with Crippen molar-refractivity contribution in [1.82, 2.24) is 0 Å². The predicted molar refractivity (Wildman–Crippen MR) is 127 cm³/mol. The molecule has 0 aromatic heterocycles. The van der Waals surface area contributed by atoms with Crippen LogP contribution in [0.1, 0.15) is 65.8 Å². The van der Waals surface area contributed by atoms with E-state index in [1.807, 2.05) is 0 Å². The van der Waals surface area contributed by atoms with Crippen LogP contribution in [-0.4, -0.2) is 64.1 Å². The van der Waals surface area contributed by atoms with E-state index in [1.165, 1.54) is 12.1 Å². The maximum atomic E-state index is 14.4. The summed E-state index contributed by atoms with van der Waals surface area (Å²) in [5, 5.41) is 33.3. The van der Waals surface area contributed by atoms with Crippen LogP contribution in [0.2, 0.25) is 0 Å². The lowest BCUT2D eigenvalue weighted by Gasteiger charge is -2.46. The van der Waals surface area contributed by atoms with E-state index in [2.05, 4.69) is 0 Å². The third kappa shape index (κ3) is 2.41. The Morgan fingerprint density at radius 3 is 2.08 bits per heavy atom. The van der Waals surface area contributed by atoms with Crippen molar-refractivity contribution in [3.63, 3.8) is 0 Å². The Labute approximate surface area is 219 Å². The Morgan fingerprint density at radius 1 is 0.897 bits per heavy atom. The highest BCUT2D eigenvalue weighted by Crippen LogP contribution is 2.65. The van der Waals surface area contributed by atoms with Crippen LogP contribution in [0.5, 0.6) is 11.5 Å². The second kappa shape index (κ2) is 6.92. The number of phenols is 2. The first-order chi connectivity index (χ1) is 18.4. The van der Waals surface area contributed by atoms with E-state index < -0.39 is 82.8 Å². The largest absolute Gasteiger partial charge is 0.507 e. The maximum Gasteiger partial charge on any atom is 0.342 e. The molecule has 11 heteroatoms. The summed E-state index contributed by atoms with van der Waals surface area (Å²) in [4.78, 5) is 66.8. The van der Waals surface area contributed by atoms with Crippen molar-refractivity contribution in [3.05, 3.63) is 62.2 Å². The molecule has 3 aliphatic carbocycles. The summed E-state index contributed by atoms with van der Waals surface area (Å²) < 4.78 is 16.3. The van der Waals surface area contributed by atoms with Crippen molar-refractivity contribution < 1.29 is 53.5 Å². The molecule has 5 aliphatic rings. The van der Waals surface area contributed by atoms with E-state index >= 15 is 0 Å². The van der Waals surface area contributed by atoms with Gasteiger partial charge in [0.1, 0.15) is 41.9 Å². The van der Waals surface area contributed by atoms with Crippen LogP contribution < -0.4 is 0 Å². The first-order valence-corrected chi connectivity index (χ1v) is 12.2. The summed E-state index contributed by atoms with van der Waals surface area (Å²) in [5.41, 5.74) is -4.21. The number of rotatable bonds is 1. The summed E-state index contributed by atoms with van der Waals surface area (Å²) in [6.45, 7) is 3.00. The number of Topliss-reactive ketones (excluding diaryl/α,β-unsaturated/α-hetero) is 2.